The summed E-state index contributed by atoms with van der Waals surface area (Å²) >= 11 is 0. The van der Waals surface area contributed by atoms with Crippen LogP contribution in [0.5, 0.6) is 5.75 Å². The molecule has 24 heavy (non-hydrogen) atoms. The number of phenols is 1. The molecule has 0 radical (unpaired) electrons. The number of phenolic OH excluding ortho intramolecular Hbond substituents is 1. The fourth-order valence-electron chi connectivity index (χ4n) is 2.57. The van der Waals surface area contributed by atoms with Crippen molar-refractivity contribution in [2.24, 2.45) is 4.99 Å². The molecule has 0 saturated carbocycles. The molecule has 0 unspecified atom stereocenters. The first-order chi connectivity index (χ1) is 10.9. The van der Waals surface area contributed by atoms with Crippen molar-refractivity contribution < 1.29 is 13.5 Å². The van der Waals surface area contributed by atoms with E-state index in [9.17, 15) is 13.5 Å². The van der Waals surface area contributed by atoms with E-state index in [0.717, 1.165) is 31.9 Å². The fourth-order valence-corrected chi connectivity index (χ4v) is 3.04. The van der Waals surface area contributed by atoms with Crippen molar-refractivity contribution >= 4 is 45.5 Å². The van der Waals surface area contributed by atoms with E-state index in [1.54, 1.807) is 13.1 Å². The van der Waals surface area contributed by atoms with Crippen LogP contribution in [0.1, 0.15) is 0 Å². The van der Waals surface area contributed by atoms with E-state index in [1.165, 1.54) is 6.26 Å². The number of hydrogen-bond donors (Lipinski definition) is 2. The molecule has 0 bridgehead atoms. The smallest absolute Gasteiger partial charge is 0.193 e. The number of guanidine groups is 1. The highest BCUT2D eigenvalue weighted by atomic mass is 127. The van der Waals surface area contributed by atoms with Crippen molar-refractivity contribution in [3.05, 3.63) is 24.3 Å². The Balaban J connectivity index is 0.00000288. The van der Waals surface area contributed by atoms with Gasteiger partial charge in [-0.2, -0.15) is 0 Å². The Morgan fingerprint density at radius 2 is 1.88 bits per heavy atom. The van der Waals surface area contributed by atoms with Crippen LogP contribution in [0, 0.1) is 0 Å². The van der Waals surface area contributed by atoms with Gasteiger partial charge in [0.1, 0.15) is 15.6 Å². The van der Waals surface area contributed by atoms with Crippen LogP contribution in [-0.4, -0.2) is 76.2 Å². The topological polar surface area (TPSA) is 85.2 Å². The van der Waals surface area contributed by atoms with Gasteiger partial charge in [0, 0.05) is 46.0 Å². The molecule has 0 aliphatic carbocycles. The number of para-hydroxylation sites is 2. The van der Waals surface area contributed by atoms with Crippen LogP contribution in [0.25, 0.3) is 0 Å². The summed E-state index contributed by atoms with van der Waals surface area (Å²) in [6.45, 7) is 3.40. The van der Waals surface area contributed by atoms with Crippen LogP contribution in [0.2, 0.25) is 0 Å². The van der Waals surface area contributed by atoms with E-state index in [-0.39, 0.29) is 35.5 Å². The summed E-state index contributed by atoms with van der Waals surface area (Å²) < 4.78 is 22.4. The molecule has 0 amide bonds. The lowest BCUT2D eigenvalue weighted by atomic mass is 10.2. The highest BCUT2D eigenvalue weighted by Crippen LogP contribution is 2.27. The Bertz CT molecular complexity index is 658. The number of aromatic hydroxyl groups is 1. The SMILES string of the molecule is CN=C(NCCS(C)(=O)=O)N1CCN(c2ccccc2O)CC1.I. The van der Waals surface area contributed by atoms with Gasteiger partial charge in [-0.05, 0) is 12.1 Å². The van der Waals surface area contributed by atoms with Crippen molar-refractivity contribution in [2.45, 2.75) is 0 Å². The summed E-state index contributed by atoms with van der Waals surface area (Å²) in [5, 5.41) is 13.0. The third kappa shape index (κ3) is 6.00. The number of piperazine rings is 1. The Hall–Kier alpha value is -1.23. The lowest BCUT2D eigenvalue weighted by Gasteiger charge is -2.37. The average Bonchev–Trinajstić information content (AvgIpc) is 2.51. The number of rotatable bonds is 4. The predicted molar refractivity (Wildman–Crippen MR) is 108 cm³/mol. The molecule has 2 rings (SSSR count). The van der Waals surface area contributed by atoms with E-state index in [1.807, 2.05) is 18.2 Å². The van der Waals surface area contributed by atoms with Gasteiger partial charge in [-0.15, -0.1) is 24.0 Å². The van der Waals surface area contributed by atoms with Crippen molar-refractivity contribution in [1.29, 1.82) is 0 Å². The molecule has 7 nitrogen and oxygen atoms in total. The number of benzene rings is 1. The van der Waals surface area contributed by atoms with Gasteiger partial charge < -0.3 is 20.2 Å². The lowest BCUT2D eigenvalue weighted by Crippen LogP contribution is -2.53. The maximum Gasteiger partial charge on any atom is 0.193 e. The molecule has 1 saturated heterocycles. The molecule has 2 N–H and O–H groups in total. The van der Waals surface area contributed by atoms with Gasteiger partial charge in [-0.1, -0.05) is 12.1 Å². The van der Waals surface area contributed by atoms with Gasteiger partial charge >= 0.3 is 0 Å². The second-order valence-corrected chi connectivity index (χ2v) is 7.83. The van der Waals surface area contributed by atoms with Crippen LogP contribution in [0.15, 0.2) is 29.3 Å². The maximum atomic E-state index is 11.2. The van der Waals surface area contributed by atoms with Crippen molar-refractivity contribution in [1.82, 2.24) is 10.2 Å². The monoisotopic (exact) mass is 468 g/mol. The molecule has 1 fully saturated rings. The van der Waals surface area contributed by atoms with Gasteiger partial charge in [0.05, 0.1) is 11.4 Å². The highest BCUT2D eigenvalue weighted by molar-refractivity contribution is 14.0. The largest absolute Gasteiger partial charge is 0.506 e. The molecule has 9 heteroatoms. The molecule has 1 heterocycles. The first kappa shape index (κ1) is 20.8. The number of hydrogen-bond acceptors (Lipinski definition) is 5. The van der Waals surface area contributed by atoms with Gasteiger partial charge in [0.15, 0.2) is 5.96 Å². The zero-order valence-corrected chi connectivity index (χ0v) is 17.1. The molecule has 1 aliphatic heterocycles. The molecule has 0 aromatic heterocycles. The number of anilines is 1. The maximum absolute atomic E-state index is 11.2. The summed E-state index contributed by atoms with van der Waals surface area (Å²) in [6, 6.07) is 7.31. The summed E-state index contributed by atoms with van der Waals surface area (Å²) in [7, 11) is -1.29. The molecular weight excluding hydrogens is 443 g/mol. The molecule has 0 atom stereocenters. The van der Waals surface area contributed by atoms with Crippen LogP contribution in [0.4, 0.5) is 5.69 Å². The van der Waals surface area contributed by atoms with E-state index < -0.39 is 9.84 Å². The minimum atomic E-state index is -2.98. The molecular formula is C15H25IN4O3S. The summed E-state index contributed by atoms with van der Waals surface area (Å²) in [6.07, 6.45) is 1.22. The summed E-state index contributed by atoms with van der Waals surface area (Å²) in [5.41, 5.74) is 0.840. The Morgan fingerprint density at radius 1 is 1.25 bits per heavy atom. The quantitative estimate of drug-likeness (QED) is 0.386. The number of nitrogens with zero attached hydrogens (tertiary/aromatic N) is 3. The normalized spacial score (nSPS) is 15.8. The highest BCUT2D eigenvalue weighted by Gasteiger charge is 2.21. The van der Waals surface area contributed by atoms with Crippen LogP contribution in [0.3, 0.4) is 0 Å². The second kappa shape index (κ2) is 9.30. The van der Waals surface area contributed by atoms with Gasteiger partial charge in [0.2, 0.25) is 0 Å². The third-order valence-electron chi connectivity index (χ3n) is 3.77. The summed E-state index contributed by atoms with van der Waals surface area (Å²) in [5.74, 6) is 1.09. The minimum Gasteiger partial charge on any atom is -0.506 e. The molecule has 1 aromatic rings. The van der Waals surface area contributed by atoms with Crippen molar-refractivity contribution in [2.75, 3.05) is 56.7 Å². The van der Waals surface area contributed by atoms with Crippen LogP contribution >= 0.6 is 24.0 Å². The predicted octanol–water partition coefficient (Wildman–Crippen LogP) is 0.752. The zero-order valence-electron chi connectivity index (χ0n) is 14.0. The van der Waals surface area contributed by atoms with E-state index >= 15 is 0 Å². The third-order valence-corrected chi connectivity index (χ3v) is 4.72. The number of sulfone groups is 1. The average molecular weight is 468 g/mol. The van der Waals surface area contributed by atoms with E-state index in [0.29, 0.717) is 12.5 Å². The molecule has 1 aliphatic rings. The second-order valence-electron chi connectivity index (χ2n) is 5.57. The van der Waals surface area contributed by atoms with Crippen LogP contribution in [-0.2, 0) is 9.84 Å². The zero-order chi connectivity index (χ0) is 16.9. The van der Waals surface area contributed by atoms with Gasteiger partial charge in [-0.25, -0.2) is 8.42 Å². The van der Waals surface area contributed by atoms with Crippen LogP contribution < -0.4 is 10.2 Å². The molecule has 136 valence electrons. The lowest BCUT2D eigenvalue weighted by molar-refractivity contribution is 0.371. The Morgan fingerprint density at radius 3 is 2.42 bits per heavy atom. The fraction of sp³-hybridized carbons (Fsp3) is 0.533. The van der Waals surface area contributed by atoms with Crippen molar-refractivity contribution in [3.63, 3.8) is 0 Å². The Kier molecular flexibility index (Phi) is 8.07. The number of halogens is 1. The molecule has 0 spiro atoms. The number of aliphatic imine (C=N–C) groups is 1. The van der Waals surface area contributed by atoms with Gasteiger partial charge in [0.25, 0.3) is 0 Å². The number of nitrogens with one attached hydrogen (secondary N) is 1. The standard InChI is InChI=1S/C15H24N4O3S.HI/c1-16-15(17-7-12-23(2,21)22)19-10-8-18(9-11-19)13-5-3-4-6-14(13)20;/h3-6,20H,7-12H2,1-2H3,(H,16,17);1H. The van der Waals surface area contributed by atoms with E-state index in [2.05, 4.69) is 20.1 Å². The first-order valence-corrected chi connectivity index (χ1v) is 9.63. The molecule has 1 aromatic carbocycles. The minimum absolute atomic E-state index is 0. The Labute approximate surface area is 160 Å². The van der Waals surface area contributed by atoms with Crippen molar-refractivity contribution in [3.8, 4) is 5.75 Å². The van der Waals surface area contributed by atoms with E-state index in [4.69, 9.17) is 0 Å². The summed E-state index contributed by atoms with van der Waals surface area (Å²) in [4.78, 5) is 8.45. The first-order valence-electron chi connectivity index (χ1n) is 7.57. The van der Waals surface area contributed by atoms with Gasteiger partial charge in [-0.3, -0.25) is 4.99 Å².